The van der Waals surface area contributed by atoms with Gasteiger partial charge in [-0.05, 0) is 55.8 Å². The molecule has 2 aliphatic rings. The molecule has 0 bridgehead atoms. The van der Waals surface area contributed by atoms with Gasteiger partial charge in [0.05, 0.1) is 5.60 Å². The first kappa shape index (κ1) is 14.4. The zero-order chi connectivity index (χ0) is 13.2. The molecule has 0 aliphatic heterocycles. The zero-order valence-corrected chi connectivity index (χ0v) is 12.7. The van der Waals surface area contributed by atoms with Gasteiger partial charge in [-0.1, -0.05) is 46.5 Å². The van der Waals surface area contributed by atoms with Crippen molar-refractivity contribution in [3.63, 3.8) is 0 Å². The van der Waals surface area contributed by atoms with Crippen molar-refractivity contribution in [2.45, 2.75) is 90.6 Å². The average Bonchev–Trinajstić information content (AvgIpc) is 2.53. The Hall–Kier alpha value is -0.0400. The van der Waals surface area contributed by atoms with Crippen molar-refractivity contribution in [1.82, 2.24) is 0 Å². The molecule has 2 fully saturated rings. The SMILES string of the molecule is CC(C)(C)C1CCCC(O)(C2CCCCC2)CC1. The van der Waals surface area contributed by atoms with Crippen LogP contribution in [0.1, 0.15) is 85.0 Å². The van der Waals surface area contributed by atoms with Gasteiger partial charge in [-0.3, -0.25) is 0 Å². The maximum atomic E-state index is 11.1. The predicted octanol–water partition coefficient (Wildman–Crippen LogP) is 4.92. The summed E-state index contributed by atoms with van der Waals surface area (Å²) in [6.45, 7) is 7.09. The highest BCUT2D eigenvalue weighted by Crippen LogP contribution is 2.45. The van der Waals surface area contributed by atoms with E-state index in [0.717, 1.165) is 18.8 Å². The molecular formula is C17H32O. The summed E-state index contributed by atoms with van der Waals surface area (Å²) in [4.78, 5) is 0. The number of hydrogen-bond donors (Lipinski definition) is 1. The van der Waals surface area contributed by atoms with Crippen molar-refractivity contribution in [1.29, 1.82) is 0 Å². The van der Waals surface area contributed by atoms with E-state index in [9.17, 15) is 5.11 Å². The van der Waals surface area contributed by atoms with E-state index in [1.807, 2.05) is 0 Å². The first-order chi connectivity index (χ1) is 8.42. The van der Waals surface area contributed by atoms with Crippen LogP contribution in [0, 0.1) is 17.3 Å². The lowest BCUT2D eigenvalue weighted by Gasteiger charge is -2.38. The molecule has 0 aromatic heterocycles. The fourth-order valence-electron chi connectivity index (χ4n) is 4.26. The molecule has 0 amide bonds. The summed E-state index contributed by atoms with van der Waals surface area (Å²) in [5.74, 6) is 1.40. The molecule has 0 aromatic rings. The quantitative estimate of drug-likeness (QED) is 0.656. The lowest BCUT2D eigenvalue weighted by molar-refractivity contribution is -0.0468. The molecule has 0 radical (unpaired) electrons. The van der Waals surface area contributed by atoms with Crippen LogP contribution in [0.15, 0.2) is 0 Å². The lowest BCUT2D eigenvalue weighted by atomic mass is 9.72. The van der Waals surface area contributed by atoms with Gasteiger partial charge in [0.15, 0.2) is 0 Å². The van der Waals surface area contributed by atoms with E-state index in [0.29, 0.717) is 11.3 Å². The topological polar surface area (TPSA) is 20.2 Å². The highest BCUT2D eigenvalue weighted by Gasteiger charge is 2.40. The van der Waals surface area contributed by atoms with Gasteiger partial charge in [-0.2, -0.15) is 0 Å². The normalized spacial score (nSPS) is 36.3. The Labute approximate surface area is 113 Å². The zero-order valence-electron chi connectivity index (χ0n) is 12.7. The monoisotopic (exact) mass is 252 g/mol. The van der Waals surface area contributed by atoms with Crippen LogP contribution in [-0.2, 0) is 0 Å². The van der Waals surface area contributed by atoms with Crippen molar-refractivity contribution in [3.8, 4) is 0 Å². The van der Waals surface area contributed by atoms with Crippen molar-refractivity contribution in [3.05, 3.63) is 0 Å². The van der Waals surface area contributed by atoms with E-state index in [-0.39, 0.29) is 5.60 Å². The third-order valence-electron chi connectivity index (χ3n) is 5.68. The highest BCUT2D eigenvalue weighted by atomic mass is 16.3. The Morgan fingerprint density at radius 2 is 1.50 bits per heavy atom. The molecule has 1 nitrogen and oxygen atoms in total. The van der Waals surface area contributed by atoms with Gasteiger partial charge in [0.2, 0.25) is 0 Å². The van der Waals surface area contributed by atoms with Gasteiger partial charge in [0, 0.05) is 0 Å². The molecule has 2 aliphatic carbocycles. The largest absolute Gasteiger partial charge is 0.390 e. The van der Waals surface area contributed by atoms with E-state index in [2.05, 4.69) is 20.8 Å². The van der Waals surface area contributed by atoms with Gasteiger partial charge in [-0.25, -0.2) is 0 Å². The molecular weight excluding hydrogens is 220 g/mol. The van der Waals surface area contributed by atoms with Gasteiger partial charge in [0.25, 0.3) is 0 Å². The van der Waals surface area contributed by atoms with Crippen molar-refractivity contribution in [2.75, 3.05) is 0 Å². The summed E-state index contributed by atoms with van der Waals surface area (Å²) in [7, 11) is 0. The third kappa shape index (κ3) is 3.29. The van der Waals surface area contributed by atoms with E-state index < -0.39 is 0 Å². The molecule has 2 saturated carbocycles. The molecule has 106 valence electrons. The van der Waals surface area contributed by atoms with Crippen LogP contribution >= 0.6 is 0 Å². The molecule has 1 heteroatoms. The maximum absolute atomic E-state index is 11.1. The summed E-state index contributed by atoms with van der Waals surface area (Å²) in [5, 5.41) is 11.1. The second-order valence-electron chi connectivity index (χ2n) is 7.93. The fourth-order valence-corrected chi connectivity index (χ4v) is 4.26. The molecule has 2 atom stereocenters. The van der Waals surface area contributed by atoms with Crippen LogP contribution in [0.3, 0.4) is 0 Å². The predicted molar refractivity (Wildman–Crippen MR) is 77.6 cm³/mol. The minimum atomic E-state index is -0.319. The Kier molecular flexibility index (Phi) is 4.41. The molecule has 0 aromatic carbocycles. The summed E-state index contributed by atoms with van der Waals surface area (Å²) in [6, 6.07) is 0. The first-order valence-corrected chi connectivity index (χ1v) is 8.14. The maximum Gasteiger partial charge on any atom is 0.0675 e. The number of aliphatic hydroxyl groups is 1. The van der Waals surface area contributed by atoms with Gasteiger partial charge in [-0.15, -0.1) is 0 Å². The molecule has 1 N–H and O–H groups in total. The van der Waals surface area contributed by atoms with E-state index in [1.165, 1.54) is 51.4 Å². The molecule has 0 saturated heterocycles. The number of hydrogen-bond acceptors (Lipinski definition) is 1. The van der Waals surface area contributed by atoms with Gasteiger partial charge in [0.1, 0.15) is 0 Å². The van der Waals surface area contributed by atoms with Crippen LogP contribution in [0.5, 0.6) is 0 Å². The molecule has 2 unspecified atom stereocenters. The Morgan fingerprint density at radius 3 is 2.11 bits per heavy atom. The smallest absolute Gasteiger partial charge is 0.0675 e. The molecule has 0 heterocycles. The number of rotatable bonds is 1. The molecule has 18 heavy (non-hydrogen) atoms. The van der Waals surface area contributed by atoms with Crippen molar-refractivity contribution in [2.24, 2.45) is 17.3 Å². The van der Waals surface area contributed by atoms with Crippen LogP contribution in [0.4, 0.5) is 0 Å². The Bertz CT molecular complexity index is 259. The Balaban J connectivity index is 1.98. The second-order valence-corrected chi connectivity index (χ2v) is 7.93. The van der Waals surface area contributed by atoms with Crippen molar-refractivity contribution < 1.29 is 5.11 Å². The average molecular weight is 252 g/mol. The van der Waals surface area contributed by atoms with Gasteiger partial charge >= 0.3 is 0 Å². The van der Waals surface area contributed by atoms with Crippen LogP contribution < -0.4 is 0 Å². The summed E-state index contributed by atoms with van der Waals surface area (Å²) < 4.78 is 0. The van der Waals surface area contributed by atoms with Gasteiger partial charge < -0.3 is 5.11 Å². The second kappa shape index (κ2) is 5.53. The lowest BCUT2D eigenvalue weighted by Crippen LogP contribution is -2.38. The standard InChI is InChI=1S/C17H32O/c1-16(2,3)14-10-7-12-17(18,13-11-14)15-8-5-4-6-9-15/h14-15,18H,4-13H2,1-3H3. The van der Waals surface area contributed by atoms with Crippen LogP contribution in [0.2, 0.25) is 0 Å². The first-order valence-electron chi connectivity index (χ1n) is 8.14. The van der Waals surface area contributed by atoms with Crippen molar-refractivity contribution >= 4 is 0 Å². The minimum Gasteiger partial charge on any atom is -0.390 e. The summed E-state index contributed by atoms with van der Waals surface area (Å²) >= 11 is 0. The van der Waals surface area contributed by atoms with E-state index in [4.69, 9.17) is 0 Å². The fraction of sp³-hybridized carbons (Fsp3) is 1.00. The Morgan fingerprint density at radius 1 is 0.833 bits per heavy atom. The summed E-state index contributed by atoms with van der Waals surface area (Å²) in [6.07, 6.45) is 12.5. The highest BCUT2D eigenvalue weighted by molar-refractivity contribution is 4.92. The third-order valence-corrected chi connectivity index (χ3v) is 5.68. The molecule has 2 rings (SSSR count). The molecule has 0 spiro atoms. The van der Waals surface area contributed by atoms with Crippen LogP contribution in [-0.4, -0.2) is 10.7 Å². The van der Waals surface area contributed by atoms with Crippen LogP contribution in [0.25, 0.3) is 0 Å². The minimum absolute atomic E-state index is 0.319. The summed E-state index contributed by atoms with van der Waals surface area (Å²) in [5.41, 5.74) is 0.0955. The van der Waals surface area contributed by atoms with E-state index in [1.54, 1.807) is 0 Å². The van der Waals surface area contributed by atoms with E-state index >= 15 is 0 Å².